The number of aromatic nitrogens is 1. The highest BCUT2D eigenvalue weighted by atomic mass is 16.3. The third-order valence-corrected chi connectivity index (χ3v) is 4.38. The number of hydrogen-bond acceptors (Lipinski definition) is 4. The monoisotopic (exact) mass is 299 g/mol. The molecule has 0 radical (unpaired) electrons. The maximum atomic E-state index is 12.5. The maximum absolute atomic E-state index is 12.5. The average Bonchev–Trinajstić information content (AvgIpc) is 3.18. The van der Waals surface area contributed by atoms with Crippen LogP contribution in [-0.4, -0.2) is 23.5 Å². The molecule has 22 heavy (non-hydrogen) atoms. The molecule has 5 heteroatoms. The van der Waals surface area contributed by atoms with Crippen LogP contribution in [0.15, 0.2) is 34.9 Å². The predicted molar refractivity (Wildman–Crippen MR) is 84.3 cm³/mol. The summed E-state index contributed by atoms with van der Waals surface area (Å²) in [6.45, 7) is 2.47. The fraction of sp³-hybridized carbons (Fsp3) is 0.412. The highest BCUT2D eigenvalue weighted by Crippen LogP contribution is 2.25. The smallest absolute Gasteiger partial charge is 0.253 e. The Balaban J connectivity index is 1.75. The third kappa shape index (κ3) is 2.90. The number of amides is 1. The Kier molecular flexibility index (Phi) is 4.24. The zero-order valence-corrected chi connectivity index (χ0v) is 12.7. The van der Waals surface area contributed by atoms with Crippen LogP contribution in [0.2, 0.25) is 0 Å². The lowest BCUT2D eigenvalue weighted by Crippen LogP contribution is -2.40. The molecule has 3 N–H and O–H groups in total. The molecule has 0 aliphatic heterocycles. The molecule has 1 fully saturated rings. The molecule has 2 aromatic rings. The van der Waals surface area contributed by atoms with Crippen molar-refractivity contribution in [2.45, 2.75) is 32.2 Å². The van der Waals surface area contributed by atoms with E-state index in [9.17, 15) is 4.79 Å². The first-order valence-corrected chi connectivity index (χ1v) is 7.71. The molecule has 3 rings (SSSR count). The number of nitrogens with one attached hydrogen (secondary N) is 1. The SMILES string of the molecule is Cc1nc(-c2ccco2)ccc1C(=O)NC1CCCC1CN. The van der Waals surface area contributed by atoms with E-state index >= 15 is 0 Å². The van der Waals surface area contributed by atoms with E-state index in [2.05, 4.69) is 10.3 Å². The van der Waals surface area contributed by atoms with Crippen LogP contribution >= 0.6 is 0 Å². The number of furan rings is 1. The van der Waals surface area contributed by atoms with Gasteiger partial charge in [0, 0.05) is 6.04 Å². The van der Waals surface area contributed by atoms with Gasteiger partial charge in [-0.05, 0) is 56.5 Å². The van der Waals surface area contributed by atoms with Crippen molar-refractivity contribution in [1.29, 1.82) is 0 Å². The van der Waals surface area contributed by atoms with Gasteiger partial charge in [-0.1, -0.05) is 6.42 Å². The van der Waals surface area contributed by atoms with E-state index in [4.69, 9.17) is 10.2 Å². The van der Waals surface area contributed by atoms with Gasteiger partial charge in [0.25, 0.3) is 5.91 Å². The summed E-state index contributed by atoms with van der Waals surface area (Å²) in [6, 6.07) is 7.48. The Hall–Kier alpha value is -2.14. The van der Waals surface area contributed by atoms with Crippen LogP contribution in [0.4, 0.5) is 0 Å². The van der Waals surface area contributed by atoms with Crippen LogP contribution in [0.25, 0.3) is 11.5 Å². The number of rotatable bonds is 4. The number of aryl methyl sites for hydroxylation is 1. The van der Waals surface area contributed by atoms with Crippen LogP contribution in [0.1, 0.15) is 35.3 Å². The van der Waals surface area contributed by atoms with Gasteiger partial charge in [0.15, 0.2) is 5.76 Å². The second kappa shape index (κ2) is 6.32. The van der Waals surface area contributed by atoms with E-state index in [0.717, 1.165) is 25.0 Å². The molecule has 1 saturated carbocycles. The van der Waals surface area contributed by atoms with Gasteiger partial charge in [0.2, 0.25) is 0 Å². The Morgan fingerprint density at radius 2 is 2.27 bits per heavy atom. The molecule has 1 aliphatic carbocycles. The lowest BCUT2D eigenvalue weighted by molar-refractivity contribution is 0.0927. The number of carbonyl (C=O) groups excluding carboxylic acids is 1. The molecule has 2 heterocycles. The zero-order valence-electron chi connectivity index (χ0n) is 12.7. The molecule has 1 aliphatic rings. The van der Waals surface area contributed by atoms with E-state index in [1.807, 2.05) is 31.2 Å². The van der Waals surface area contributed by atoms with Crippen molar-refractivity contribution in [1.82, 2.24) is 10.3 Å². The lowest BCUT2D eigenvalue weighted by Gasteiger charge is -2.20. The fourth-order valence-electron chi connectivity index (χ4n) is 3.12. The van der Waals surface area contributed by atoms with Gasteiger partial charge in [0.05, 0.1) is 17.5 Å². The summed E-state index contributed by atoms with van der Waals surface area (Å²) in [5, 5.41) is 3.11. The van der Waals surface area contributed by atoms with Crippen LogP contribution in [0, 0.1) is 12.8 Å². The minimum absolute atomic E-state index is 0.0682. The minimum atomic E-state index is -0.0682. The van der Waals surface area contributed by atoms with Gasteiger partial charge in [-0.15, -0.1) is 0 Å². The molecule has 116 valence electrons. The van der Waals surface area contributed by atoms with Gasteiger partial charge in [-0.3, -0.25) is 4.79 Å². The van der Waals surface area contributed by atoms with Crippen molar-refractivity contribution in [2.75, 3.05) is 6.54 Å². The van der Waals surface area contributed by atoms with Crippen molar-refractivity contribution < 1.29 is 9.21 Å². The predicted octanol–water partition coefficient (Wildman–Crippen LogP) is 2.51. The number of nitrogens with two attached hydrogens (primary N) is 1. The number of carbonyl (C=O) groups is 1. The topological polar surface area (TPSA) is 81.2 Å². The van der Waals surface area contributed by atoms with Crippen molar-refractivity contribution in [3.63, 3.8) is 0 Å². The largest absolute Gasteiger partial charge is 0.463 e. The molecule has 0 aromatic carbocycles. The minimum Gasteiger partial charge on any atom is -0.463 e. The first kappa shape index (κ1) is 14.8. The lowest BCUT2D eigenvalue weighted by atomic mass is 10.0. The number of pyridine rings is 1. The number of nitrogens with zero attached hydrogens (tertiary/aromatic N) is 1. The molecule has 5 nitrogen and oxygen atoms in total. The second-order valence-corrected chi connectivity index (χ2v) is 5.81. The molecule has 2 unspecified atom stereocenters. The Morgan fingerprint density at radius 3 is 2.95 bits per heavy atom. The highest BCUT2D eigenvalue weighted by Gasteiger charge is 2.28. The first-order valence-electron chi connectivity index (χ1n) is 7.71. The van der Waals surface area contributed by atoms with Crippen molar-refractivity contribution in [2.24, 2.45) is 11.7 Å². The molecular weight excluding hydrogens is 278 g/mol. The third-order valence-electron chi connectivity index (χ3n) is 4.38. The summed E-state index contributed by atoms with van der Waals surface area (Å²) in [5.41, 5.74) is 7.82. The Labute approximate surface area is 129 Å². The van der Waals surface area contributed by atoms with Gasteiger partial charge >= 0.3 is 0 Å². The quantitative estimate of drug-likeness (QED) is 0.909. The summed E-state index contributed by atoms with van der Waals surface area (Å²) in [5.74, 6) is 1.02. The number of hydrogen-bond donors (Lipinski definition) is 2. The van der Waals surface area contributed by atoms with Crippen molar-refractivity contribution >= 4 is 5.91 Å². The van der Waals surface area contributed by atoms with Gasteiger partial charge in [0.1, 0.15) is 5.69 Å². The fourth-order valence-corrected chi connectivity index (χ4v) is 3.12. The molecule has 0 bridgehead atoms. The van der Waals surface area contributed by atoms with Crippen LogP contribution < -0.4 is 11.1 Å². The Morgan fingerprint density at radius 1 is 1.41 bits per heavy atom. The maximum Gasteiger partial charge on any atom is 0.253 e. The van der Waals surface area contributed by atoms with E-state index in [-0.39, 0.29) is 11.9 Å². The molecule has 2 atom stereocenters. The van der Waals surface area contributed by atoms with Crippen molar-refractivity contribution in [3.8, 4) is 11.5 Å². The summed E-state index contributed by atoms with van der Waals surface area (Å²) < 4.78 is 5.33. The summed E-state index contributed by atoms with van der Waals surface area (Å²) in [6.07, 6.45) is 4.84. The van der Waals surface area contributed by atoms with Gasteiger partial charge < -0.3 is 15.5 Å². The van der Waals surface area contributed by atoms with Gasteiger partial charge in [-0.2, -0.15) is 0 Å². The molecule has 0 spiro atoms. The van der Waals surface area contributed by atoms with E-state index in [0.29, 0.717) is 29.5 Å². The summed E-state index contributed by atoms with van der Waals surface area (Å²) in [4.78, 5) is 16.9. The molecular formula is C17H21N3O2. The van der Waals surface area contributed by atoms with Crippen LogP contribution in [0.3, 0.4) is 0 Å². The standard InChI is InChI=1S/C17H21N3O2/c1-11-13(7-8-15(19-11)16-6-3-9-22-16)17(21)20-14-5-2-4-12(14)10-18/h3,6-9,12,14H,2,4-5,10,18H2,1H3,(H,20,21). The van der Waals surface area contributed by atoms with Crippen LogP contribution in [0.5, 0.6) is 0 Å². The average molecular weight is 299 g/mol. The second-order valence-electron chi connectivity index (χ2n) is 5.81. The molecule has 2 aromatic heterocycles. The van der Waals surface area contributed by atoms with E-state index in [1.54, 1.807) is 6.26 Å². The normalized spacial score (nSPS) is 21.0. The summed E-state index contributed by atoms with van der Waals surface area (Å²) in [7, 11) is 0. The van der Waals surface area contributed by atoms with Gasteiger partial charge in [-0.25, -0.2) is 4.98 Å². The first-order chi connectivity index (χ1) is 10.7. The van der Waals surface area contributed by atoms with Crippen molar-refractivity contribution in [3.05, 3.63) is 41.8 Å². The van der Waals surface area contributed by atoms with Crippen LogP contribution in [-0.2, 0) is 0 Å². The molecule has 0 saturated heterocycles. The molecule has 1 amide bonds. The zero-order chi connectivity index (χ0) is 15.5. The summed E-state index contributed by atoms with van der Waals surface area (Å²) >= 11 is 0. The highest BCUT2D eigenvalue weighted by molar-refractivity contribution is 5.95. The Bertz CT molecular complexity index is 652. The van der Waals surface area contributed by atoms with E-state index < -0.39 is 0 Å². The van der Waals surface area contributed by atoms with E-state index in [1.165, 1.54) is 0 Å².